The minimum atomic E-state index is -1.28. The second-order valence-corrected chi connectivity index (χ2v) is 4.84. The highest BCUT2D eigenvalue weighted by molar-refractivity contribution is 7.16. The van der Waals surface area contributed by atoms with Crippen molar-refractivity contribution in [3.05, 3.63) is 41.0 Å². The Morgan fingerprint density at radius 2 is 1.95 bits per heavy atom. The predicted octanol–water partition coefficient (Wildman–Crippen LogP) is 3.43. The fourth-order valence-corrected chi connectivity index (χ4v) is 2.51. The summed E-state index contributed by atoms with van der Waals surface area (Å²) in [4.78, 5) is 8.51. The summed E-state index contributed by atoms with van der Waals surface area (Å²) in [6, 6.07) is 3.01. The van der Waals surface area contributed by atoms with Crippen molar-refractivity contribution in [3.63, 3.8) is 0 Å². The first-order valence-corrected chi connectivity index (χ1v) is 6.35. The van der Waals surface area contributed by atoms with Crippen molar-refractivity contribution < 1.29 is 13.2 Å². The lowest BCUT2D eigenvalue weighted by Crippen LogP contribution is -2.03. The van der Waals surface area contributed by atoms with E-state index in [9.17, 15) is 13.2 Å². The summed E-state index contributed by atoms with van der Waals surface area (Å²) >= 11 is 1.32. The number of halogens is 3. The first kappa shape index (κ1) is 12.7. The van der Waals surface area contributed by atoms with Crippen molar-refractivity contribution in [3.8, 4) is 0 Å². The number of anilines is 3. The molecule has 0 atom stereocenters. The SMILES string of the molecule is Nc1nc(Nc2cc(F)cc(F)c2F)c2ccsc2n1. The molecule has 3 rings (SSSR count). The van der Waals surface area contributed by atoms with E-state index >= 15 is 0 Å². The fraction of sp³-hybridized carbons (Fsp3) is 0. The average Bonchev–Trinajstić information content (AvgIpc) is 2.83. The molecule has 0 saturated heterocycles. The molecule has 2 aromatic heterocycles. The topological polar surface area (TPSA) is 63.8 Å². The van der Waals surface area contributed by atoms with Crippen molar-refractivity contribution in [2.24, 2.45) is 0 Å². The number of fused-ring (bicyclic) bond motifs is 1. The second kappa shape index (κ2) is 4.64. The maximum atomic E-state index is 13.6. The lowest BCUT2D eigenvalue weighted by Gasteiger charge is -2.09. The van der Waals surface area contributed by atoms with Crippen LogP contribution in [-0.4, -0.2) is 9.97 Å². The molecule has 0 spiro atoms. The van der Waals surface area contributed by atoms with Gasteiger partial charge in [0.15, 0.2) is 11.6 Å². The molecule has 4 nitrogen and oxygen atoms in total. The predicted molar refractivity (Wildman–Crippen MR) is 71.4 cm³/mol. The first-order valence-electron chi connectivity index (χ1n) is 5.47. The van der Waals surface area contributed by atoms with E-state index in [-0.39, 0.29) is 17.5 Å². The highest BCUT2D eigenvalue weighted by Gasteiger charge is 2.14. The monoisotopic (exact) mass is 296 g/mol. The van der Waals surface area contributed by atoms with Crippen LogP contribution in [0.4, 0.5) is 30.6 Å². The Bertz CT molecular complexity index is 803. The van der Waals surface area contributed by atoms with Crippen molar-refractivity contribution in [2.45, 2.75) is 0 Å². The van der Waals surface area contributed by atoms with Crippen molar-refractivity contribution in [1.82, 2.24) is 9.97 Å². The van der Waals surface area contributed by atoms with E-state index in [2.05, 4.69) is 15.3 Å². The number of aromatic nitrogens is 2. The minimum Gasteiger partial charge on any atom is -0.368 e. The van der Waals surface area contributed by atoms with Crippen molar-refractivity contribution in [2.75, 3.05) is 11.1 Å². The zero-order valence-electron chi connectivity index (χ0n) is 9.82. The molecule has 3 N–H and O–H groups in total. The second-order valence-electron chi connectivity index (χ2n) is 3.94. The Balaban J connectivity index is 2.12. The first-order chi connectivity index (χ1) is 9.54. The number of nitrogens with two attached hydrogens (primary N) is 1. The molecule has 0 fully saturated rings. The van der Waals surface area contributed by atoms with Crippen LogP contribution in [0.15, 0.2) is 23.6 Å². The molecule has 1 aromatic carbocycles. The van der Waals surface area contributed by atoms with Crippen LogP contribution in [0.5, 0.6) is 0 Å². The number of nitrogens with zero attached hydrogens (tertiary/aromatic N) is 2. The van der Waals surface area contributed by atoms with Crippen LogP contribution >= 0.6 is 11.3 Å². The van der Waals surface area contributed by atoms with E-state index in [1.807, 2.05) is 0 Å². The van der Waals surface area contributed by atoms with Gasteiger partial charge in [-0.05, 0) is 11.4 Å². The number of thiophene rings is 1. The molecule has 2 heterocycles. The van der Waals surface area contributed by atoms with Crippen LogP contribution in [0.3, 0.4) is 0 Å². The van der Waals surface area contributed by atoms with Crippen LogP contribution in [0.2, 0.25) is 0 Å². The number of benzene rings is 1. The third-order valence-electron chi connectivity index (χ3n) is 2.59. The maximum Gasteiger partial charge on any atom is 0.223 e. The Labute approximate surface area is 115 Å². The van der Waals surface area contributed by atoms with Crippen LogP contribution in [0, 0.1) is 17.5 Å². The van der Waals surface area contributed by atoms with Gasteiger partial charge in [-0.15, -0.1) is 11.3 Å². The quantitative estimate of drug-likeness (QED) is 0.711. The Morgan fingerprint density at radius 1 is 1.15 bits per heavy atom. The molecule has 0 amide bonds. The van der Waals surface area contributed by atoms with E-state index in [0.29, 0.717) is 16.3 Å². The number of rotatable bonds is 2. The number of nitrogen functional groups attached to an aromatic ring is 1. The van der Waals surface area contributed by atoms with Gasteiger partial charge in [-0.1, -0.05) is 0 Å². The summed E-state index contributed by atoms with van der Waals surface area (Å²) in [7, 11) is 0. The van der Waals surface area contributed by atoms with Crippen molar-refractivity contribution >= 4 is 39.0 Å². The number of hydrogen-bond donors (Lipinski definition) is 2. The van der Waals surface area contributed by atoms with E-state index < -0.39 is 17.5 Å². The lowest BCUT2D eigenvalue weighted by molar-refractivity contribution is 0.498. The van der Waals surface area contributed by atoms with E-state index in [1.54, 1.807) is 11.4 Å². The summed E-state index contributed by atoms with van der Waals surface area (Å²) in [5, 5.41) is 4.89. The van der Waals surface area contributed by atoms with Gasteiger partial charge in [0.2, 0.25) is 5.95 Å². The lowest BCUT2D eigenvalue weighted by atomic mass is 10.2. The zero-order valence-corrected chi connectivity index (χ0v) is 10.6. The van der Waals surface area contributed by atoms with Gasteiger partial charge in [0.05, 0.1) is 11.1 Å². The molecule has 0 aliphatic carbocycles. The summed E-state index contributed by atoms with van der Waals surface area (Å²) in [5.41, 5.74) is 5.18. The molecule has 0 bridgehead atoms. The van der Waals surface area contributed by atoms with Gasteiger partial charge in [-0.25, -0.2) is 18.2 Å². The zero-order chi connectivity index (χ0) is 14.3. The van der Waals surface area contributed by atoms with Crippen LogP contribution in [0.25, 0.3) is 10.2 Å². The maximum absolute atomic E-state index is 13.6. The molecule has 0 radical (unpaired) electrons. The smallest absolute Gasteiger partial charge is 0.223 e. The molecule has 8 heteroatoms. The standard InChI is InChI=1S/C12H7F3N4S/c13-5-3-7(14)9(15)8(4-5)17-10-6-1-2-20-11(6)19-12(16)18-10/h1-4H,(H3,16,17,18,19). The van der Waals surface area contributed by atoms with Crippen LogP contribution < -0.4 is 11.1 Å². The average molecular weight is 296 g/mol. The van der Waals surface area contributed by atoms with E-state index in [1.165, 1.54) is 11.3 Å². The summed E-state index contributed by atoms with van der Waals surface area (Å²) in [6.45, 7) is 0. The molecule has 0 saturated carbocycles. The molecular formula is C12H7F3N4S. The molecule has 3 aromatic rings. The Kier molecular flexibility index (Phi) is 2.94. The van der Waals surface area contributed by atoms with Crippen LogP contribution in [0.1, 0.15) is 0 Å². The minimum absolute atomic E-state index is 0.0141. The normalized spacial score (nSPS) is 10.9. The highest BCUT2D eigenvalue weighted by Crippen LogP contribution is 2.29. The molecule has 0 unspecified atom stereocenters. The number of nitrogens with one attached hydrogen (secondary N) is 1. The van der Waals surface area contributed by atoms with Gasteiger partial charge in [0, 0.05) is 12.1 Å². The number of hydrogen-bond acceptors (Lipinski definition) is 5. The largest absolute Gasteiger partial charge is 0.368 e. The van der Waals surface area contributed by atoms with Gasteiger partial charge in [-0.2, -0.15) is 4.98 Å². The third-order valence-corrected chi connectivity index (χ3v) is 3.40. The van der Waals surface area contributed by atoms with Gasteiger partial charge in [-0.3, -0.25) is 0 Å². The summed E-state index contributed by atoms with van der Waals surface area (Å²) < 4.78 is 39.9. The van der Waals surface area contributed by atoms with E-state index in [4.69, 9.17) is 5.73 Å². The van der Waals surface area contributed by atoms with Crippen LogP contribution in [-0.2, 0) is 0 Å². The Hall–Kier alpha value is -2.35. The molecule has 102 valence electrons. The van der Waals surface area contributed by atoms with Crippen molar-refractivity contribution in [1.29, 1.82) is 0 Å². The summed E-state index contributed by atoms with van der Waals surface area (Å²) in [5.74, 6) is -3.18. The molecule has 20 heavy (non-hydrogen) atoms. The molecule has 0 aliphatic heterocycles. The van der Waals surface area contributed by atoms with Gasteiger partial charge >= 0.3 is 0 Å². The van der Waals surface area contributed by atoms with E-state index in [0.717, 1.165) is 6.07 Å². The third kappa shape index (κ3) is 2.14. The Morgan fingerprint density at radius 3 is 2.75 bits per heavy atom. The van der Waals surface area contributed by atoms with Gasteiger partial charge in [0.25, 0.3) is 0 Å². The van der Waals surface area contributed by atoms with Gasteiger partial charge < -0.3 is 11.1 Å². The molecule has 0 aliphatic rings. The van der Waals surface area contributed by atoms with Gasteiger partial charge in [0.1, 0.15) is 16.5 Å². The fourth-order valence-electron chi connectivity index (χ4n) is 1.74. The molecular weight excluding hydrogens is 289 g/mol. The highest BCUT2D eigenvalue weighted by atomic mass is 32.1. The summed E-state index contributed by atoms with van der Waals surface area (Å²) in [6.07, 6.45) is 0.